The molecule has 0 saturated carbocycles. The summed E-state index contributed by atoms with van der Waals surface area (Å²) >= 11 is 0. The smallest absolute Gasteiger partial charge is 0.0900 e. The maximum absolute atomic E-state index is 9.88. The molecule has 1 N–H and O–H groups in total. The summed E-state index contributed by atoms with van der Waals surface area (Å²) in [6.45, 7) is 10.5. The van der Waals surface area contributed by atoms with Crippen LogP contribution in [0.1, 0.15) is 85.0 Å². The Morgan fingerprint density at radius 3 is 1.77 bits per heavy atom. The molecule has 0 aliphatic heterocycles. The fourth-order valence-corrected chi connectivity index (χ4v) is 2.74. The van der Waals surface area contributed by atoms with E-state index in [2.05, 4.69) is 25.7 Å². The van der Waals surface area contributed by atoms with Crippen LogP contribution in [0.3, 0.4) is 0 Å². The Labute approximate surface area is 139 Å². The summed E-state index contributed by atoms with van der Waals surface area (Å²) in [5, 5.41) is 9.88. The molecule has 0 fully saturated rings. The number of likely N-dealkylation sites (N-methyl/N-ethyl adjacent to an activating group) is 1. The van der Waals surface area contributed by atoms with Crippen LogP contribution in [-0.2, 0) is 4.74 Å². The van der Waals surface area contributed by atoms with E-state index in [9.17, 15) is 5.11 Å². The molecule has 0 aromatic carbocycles. The zero-order valence-electron chi connectivity index (χ0n) is 15.5. The molecule has 134 valence electrons. The number of nitrogens with zero attached hydrogens (tertiary/aromatic N) is 1. The summed E-state index contributed by atoms with van der Waals surface area (Å²) in [4.78, 5) is 2.23. The van der Waals surface area contributed by atoms with Crippen LogP contribution in [-0.4, -0.2) is 49.0 Å². The van der Waals surface area contributed by atoms with E-state index >= 15 is 0 Å². The second-order valence-electron chi connectivity index (χ2n) is 6.40. The van der Waals surface area contributed by atoms with Gasteiger partial charge in [-0.25, -0.2) is 0 Å². The van der Waals surface area contributed by atoms with Gasteiger partial charge in [0.25, 0.3) is 0 Å². The van der Waals surface area contributed by atoms with Crippen LogP contribution in [0, 0.1) is 0 Å². The predicted octanol–water partition coefficient (Wildman–Crippen LogP) is 4.63. The van der Waals surface area contributed by atoms with Gasteiger partial charge in [0.15, 0.2) is 0 Å². The Kier molecular flexibility index (Phi) is 17.1. The highest BCUT2D eigenvalue weighted by Crippen LogP contribution is 2.10. The summed E-state index contributed by atoms with van der Waals surface area (Å²) < 4.78 is 5.58. The van der Waals surface area contributed by atoms with Gasteiger partial charge in [-0.3, -0.25) is 0 Å². The van der Waals surface area contributed by atoms with Crippen LogP contribution in [0.5, 0.6) is 0 Å². The molecule has 0 rings (SSSR count). The van der Waals surface area contributed by atoms with Crippen molar-refractivity contribution in [2.24, 2.45) is 0 Å². The molecule has 22 heavy (non-hydrogen) atoms. The van der Waals surface area contributed by atoms with Crippen LogP contribution in [0.4, 0.5) is 0 Å². The molecule has 0 aliphatic rings. The standard InChI is InChI=1S/C19H41NO2/c1-4-7-8-9-10-11-12-13-14-15-16-22-18-19(21)17-20(5-2)6-3/h19,21H,4-18H2,1-3H3. The third-order valence-electron chi connectivity index (χ3n) is 4.32. The van der Waals surface area contributed by atoms with Crippen LogP contribution >= 0.6 is 0 Å². The average Bonchev–Trinajstić information content (AvgIpc) is 2.53. The fraction of sp³-hybridized carbons (Fsp3) is 1.00. The zero-order chi connectivity index (χ0) is 16.5. The molecule has 0 aromatic heterocycles. The first kappa shape index (κ1) is 21.9. The third-order valence-corrected chi connectivity index (χ3v) is 4.32. The third kappa shape index (κ3) is 14.8. The van der Waals surface area contributed by atoms with Gasteiger partial charge in [-0.05, 0) is 19.5 Å². The normalized spacial score (nSPS) is 13.0. The first-order valence-electron chi connectivity index (χ1n) is 9.72. The molecule has 1 atom stereocenters. The number of unbranched alkanes of at least 4 members (excludes halogenated alkanes) is 9. The first-order chi connectivity index (χ1) is 10.7. The fourth-order valence-electron chi connectivity index (χ4n) is 2.74. The van der Waals surface area contributed by atoms with Crippen molar-refractivity contribution >= 4 is 0 Å². The van der Waals surface area contributed by atoms with E-state index in [1.54, 1.807) is 0 Å². The lowest BCUT2D eigenvalue weighted by Gasteiger charge is -2.21. The monoisotopic (exact) mass is 315 g/mol. The number of hydrogen-bond acceptors (Lipinski definition) is 3. The van der Waals surface area contributed by atoms with Crippen molar-refractivity contribution in [2.45, 2.75) is 91.1 Å². The number of ether oxygens (including phenoxy) is 1. The van der Waals surface area contributed by atoms with Crippen molar-refractivity contribution < 1.29 is 9.84 Å². The lowest BCUT2D eigenvalue weighted by atomic mass is 10.1. The van der Waals surface area contributed by atoms with Crippen LogP contribution in [0.2, 0.25) is 0 Å². The number of aliphatic hydroxyl groups is 1. The van der Waals surface area contributed by atoms with Gasteiger partial charge in [0.1, 0.15) is 0 Å². The average molecular weight is 316 g/mol. The maximum atomic E-state index is 9.88. The Morgan fingerprint density at radius 2 is 1.27 bits per heavy atom. The first-order valence-corrected chi connectivity index (χ1v) is 9.72. The Morgan fingerprint density at radius 1 is 0.773 bits per heavy atom. The number of hydrogen-bond donors (Lipinski definition) is 1. The zero-order valence-corrected chi connectivity index (χ0v) is 15.5. The quantitative estimate of drug-likeness (QED) is 0.397. The minimum absolute atomic E-state index is 0.344. The maximum Gasteiger partial charge on any atom is 0.0900 e. The molecule has 1 unspecified atom stereocenters. The summed E-state index contributed by atoms with van der Waals surface area (Å²) in [6, 6.07) is 0. The van der Waals surface area contributed by atoms with E-state index in [0.717, 1.165) is 32.7 Å². The van der Waals surface area contributed by atoms with Gasteiger partial charge < -0.3 is 14.7 Å². The van der Waals surface area contributed by atoms with Crippen LogP contribution in [0.25, 0.3) is 0 Å². The van der Waals surface area contributed by atoms with E-state index in [0.29, 0.717) is 6.61 Å². The number of aliphatic hydroxyl groups excluding tert-OH is 1. The largest absolute Gasteiger partial charge is 0.389 e. The SMILES string of the molecule is CCCCCCCCCCCCOCC(O)CN(CC)CC. The summed E-state index contributed by atoms with van der Waals surface area (Å²) in [7, 11) is 0. The highest BCUT2D eigenvalue weighted by Gasteiger charge is 2.08. The van der Waals surface area contributed by atoms with E-state index in [4.69, 9.17) is 4.74 Å². The molecule has 0 aromatic rings. The minimum atomic E-state index is -0.344. The Hall–Kier alpha value is -0.120. The Balaban J connectivity index is 3.19. The molecule has 3 heteroatoms. The molecule has 0 aliphatic carbocycles. The van der Waals surface area contributed by atoms with Crippen molar-refractivity contribution in [2.75, 3.05) is 32.8 Å². The van der Waals surface area contributed by atoms with Crippen molar-refractivity contribution in [3.63, 3.8) is 0 Å². The molecule has 0 bridgehead atoms. The summed E-state index contributed by atoms with van der Waals surface area (Å²) in [6.07, 6.45) is 13.1. The van der Waals surface area contributed by atoms with Gasteiger partial charge in [0.2, 0.25) is 0 Å². The molecular weight excluding hydrogens is 274 g/mol. The molecule has 0 saturated heterocycles. The number of rotatable bonds is 17. The van der Waals surface area contributed by atoms with Crippen LogP contribution < -0.4 is 0 Å². The van der Waals surface area contributed by atoms with Crippen molar-refractivity contribution in [1.29, 1.82) is 0 Å². The van der Waals surface area contributed by atoms with Crippen molar-refractivity contribution in [1.82, 2.24) is 4.90 Å². The van der Waals surface area contributed by atoms with Gasteiger partial charge in [-0.15, -0.1) is 0 Å². The molecule has 3 nitrogen and oxygen atoms in total. The second-order valence-corrected chi connectivity index (χ2v) is 6.40. The van der Waals surface area contributed by atoms with Crippen molar-refractivity contribution in [3.05, 3.63) is 0 Å². The second kappa shape index (κ2) is 17.2. The molecule has 0 radical (unpaired) electrons. The van der Waals surface area contributed by atoms with Gasteiger partial charge in [-0.2, -0.15) is 0 Å². The van der Waals surface area contributed by atoms with Gasteiger partial charge in [0.05, 0.1) is 12.7 Å². The minimum Gasteiger partial charge on any atom is -0.389 e. The predicted molar refractivity (Wildman–Crippen MR) is 96.5 cm³/mol. The highest BCUT2D eigenvalue weighted by atomic mass is 16.5. The summed E-state index contributed by atoms with van der Waals surface area (Å²) in [5.41, 5.74) is 0. The van der Waals surface area contributed by atoms with E-state index < -0.39 is 0 Å². The van der Waals surface area contributed by atoms with E-state index in [1.165, 1.54) is 57.8 Å². The van der Waals surface area contributed by atoms with E-state index in [-0.39, 0.29) is 6.10 Å². The summed E-state index contributed by atoms with van der Waals surface area (Å²) in [5.74, 6) is 0. The molecule has 0 heterocycles. The topological polar surface area (TPSA) is 32.7 Å². The lowest BCUT2D eigenvalue weighted by molar-refractivity contribution is 0.0171. The molecular formula is C19H41NO2. The van der Waals surface area contributed by atoms with Gasteiger partial charge in [0, 0.05) is 13.2 Å². The van der Waals surface area contributed by atoms with Crippen molar-refractivity contribution in [3.8, 4) is 0 Å². The van der Waals surface area contributed by atoms with Crippen LogP contribution in [0.15, 0.2) is 0 Å². The highest BCUT2D eigenvalue weighted by molar-refractivity contribution is 4.61. The molecule has 0 amide bonds. The Bertz CT molecular complexity index is 208. The van der Waals surface area contributed by atoms with Gasteiger partial charge >= 0.3 is 0 Å². The molecule has 0 spiro atoms. The lowest BCUT2D eigenvalue weighted by Crippen LogP contribution is -2.34. The van der Waals surface area contributed by atoms with Gasteiger partial charge in [-0.1, -0.05) is 78.6 Å². The van der Waals surface area contributed by atoms with E-state index in [1.807, 2.05) is 0 Å².